The van der Waals surface area contributed by atoms with Crippen molar-refractivity contribution in [2.24, 2.45) is 0 Å². The van der Waals surface area contributed by atoms with Gasteiger partial charge >= 0.3 is 5.97 Å². The van der Waals surface area contributed by atoms with Crippen LogP contribution in [0.3, 0.4) is 0 Å². The molecule has 23 heavy (non-hydrogen) atoms. The van der Waals surface area contributed by atoms with Gasteiger partial charge in [-0.2, -0.15) is 0 Å². The van der Waals surface area contributed by atoms with Gasteiger partial charge in [0.05, 0.1) is 10.9 Å². The first-order valence-corrected chi connectivity index (χ1v) is 7.98. The summed E-state index contributed by atoms with van der Waals surface area (Å²) in [5.74, 6) is -0.518. The van der Waals surface area contributed by atoms with E-state index < -0.39 is 12.6 Å². The maximum atomic E-state index is 12.2. The average molecular weight is 315 g/mol. The molecule has 0 amide bonds. The van der Waals surface area contributed by atoms with Gasteiger partial charge in [0.2, 0.25) is 0 Å². The number of benzene rings is 1. The SMILES string of the molecule is CCn1c(C)c(C(C)=O)c2c(OCC(=O)O)cc3c(c21)CCC3. The number of ether oxygens (including phenoxy) is 1. The van der Waals surface area contributed by atoms with E-state index in [0.29, 0.717) is 11.3 Å². The van der Waals surface area contributed by atoms with Crippen LogP contribution >= 0.6 is 0 Å². The lowest BCUT2D eigenvalue weighted by molar-refractivity contribution is -0.139. The molecule has 2 aromatic rings. The second-order valence-electron chi connectivity index (χ2n) is 6.03. The van der Waals surface area contributed by atoms with Gasteiger partial charge in [0.1, 0.15) is 5.75 Å². The standard InChI is InChI=1S/C18H21NO4/c1-4-19-10(2)16(11(3)20)17-14(23-9-15(21)22)8-12-6-5-7-13(12)18(17)19/h8H,4-7,9H2,1-3H3,(H,21,22). The predicted octanol–water partition coefficient (Wildman–Crippen LogP) is 3.12. The summed E-state index contributed by atoms with van der Waals surface area (Å²) in [6, 6.07) is 1.93. The Bertz CT molecular complexity index is 817. The molecule has 3 rings (SSSR count). The smallest absolute Gasteiger partial charge is 0.341 e. The number of hydrogen-bond donors (Lipinski definition) is 1. The van der Waals surface area contributed by atoms with Crippen molar-refractivity contribution < 1.29 is 19.4 Å². The maximum Gasteiger partial charge on any atom is 0.341 e. The van der Waals surface area contributed by atoms with Crippen LogP contribution in [0.2, 0.25) is 0 Å². The fourth-order valence-electron chi connectivity index (χ4n) is 3.80. The number of aromatic nitrogens is 1. The van der Waals surface area contributed by atoms with Crippen LogP contribution in [0, 0.1) is 6.92 Å². The van der Waals surface area contributed by atoms with Gasteiger partial charge in [-0.1, -0.05) is 0 Å². The summed E-state index contributed by atoms with van der Waals surface area (Å²) in [6.07, 6.45) is 3.04. The third-order valence-corrected chi connectivity index (χ3v) is 4.64. The maximum absolute atomic E-state index is 12.2. The molecule has 1 aromatic heterocycles. The molecular formula is C18H21NO4. The molecule has 0 saturated heterocycles. The van der Waals surface area contributed by atoms with Gasteiger partial charge < -0.3 is 14.4 Å². The number of carboxylic acids is 1. The fraction of sp³-hybridized carbons (Fsp3) is 0.444. The number of carbonyl (C=O) groups excluding carboxylic acids is 1. The number of hydrogen-bond acceptors (Lipinski definition) is 3. The zero-order valence-electron chi connectivity index (χ0n) is 13.7. The molecule has 0 bridgehead atoms. The van der Waals surface area contributed by atoms with E-state index in [-0.39, 0.29) is 5.78 Å². The van der Waals surface area contributed by atoms with Gasteiger partial charge in [-0.25, -0.2) is 4.79 Å². The number of aliphatic carboxylic acids is 1. The summed E-state index contributed by atoms with van der Waals surface area (Å²) in [5, 5.41) is 9.70. The third kappa shape index (κ3) is 2.40. The molecule has 1 aromatic carbocycles. The molecule has 1 N–H and O–H groups in total. The van der Waals surface area contributed by atoms with Gasteiger partial charge in [0, 0.05) is 17.8 Å². The zero-order valence-corrected chi connectivity index (χ0v) is 13.7. The van der Waals surface area contributed by atoms with Crippen LogP contribution in [0.25, 0.3) is 10.9 Å². The predicted molar refractivity (Wildman–Crippen MR) is 87.5 cm³/mol. The van der Waals surface area contributed by atoms with Crippen molar-refractivity contribution in [2.75, 3.05) is 6.61 Å². The second kappa shape index (κ2) is 5.72. The van der Waals surface area contributed by atoms with E-state index in [2.05, 4.69) is 11.5 Å². The number of carbonyl (C=O) groups is 2. The largest absolute Gasteiger partial charge is 0.481 e. The number of carboxylic acid groups (broad SMARTS) is 1. The number of aryl methyl sites for hydroxylation is 3. The van der Waals surface area contributed by atoms with Crippen LogP contribution in [-0.4, -0.2) is 28.0 Å². The molecule has 0 fully saturated rings. The Hall–Kier alpha value is -2.30. The van der Waals surface area contributed by atoms with Crippen LogP contribution in [0.15, 0.2) is 6.07 Å². The highest BCUT2D eigenvalue weighted by Crippen LogP contribution is 2.41. The number of fused-ring (bicyclic) bond motifs is 3. The van der Waals surface area contributed by atoms with Crippen molar-refractivity contribution in [3.8, 4) is 5.75 Å². The monoisotopic (exact) mass is 315 g/mol. The lowest BCUT2D eigenvalue weighted by Gasteiger charge is -2.12. The highest BCUT2D eigenvalue weighted by molar-refractivity contribution is 6.11. The lowest BCUT2D eigenvalue weighted by Crippen LogP contribution is -2.10. The summed E-state index contributed by atoms with van der Waals surface area (Å²) >= 11 is 0. The summed E-state index contributed by atoms with van der Waals surface area (Å²) < 4.78 is 7.70. The van der Waals surface area contributed by atoms with Crippen molar-refractivity contribution in [2.45, 2.75) is 46.6 Å². The summed E-state index contributed by atoms with van der Waals surface area (Å²) in [6.45, 7) is 5.92. The Morgan fingerprint density at radius 1 is 1.35 bits per heavy atom. The third-order valence-electron chi connectivity index (χ3n) is 4.64. The molecule has 1 aliphatic carbocycles. The number of Topliss-reactive ketones (excluding diaryl/α,β-unsaturated/α-hetero) is 1. The van der Waals surface area contributed by atoms with E-state index in [1.54, 1.807) is 6.92 Å². The Kier molecular flexibility index (Phi) is 3.88. The Morgan fingerprint density at radius 2 is 2.09 bits per heavy atom. The number of ketones is 1. The molecule has 5 heteroatoms. The van der Waals surface area contributed by atoms with Crippen molar-refractivity contribution in [1.29, 1.82) is 0 Å². The molecule has 0 aliphatic heterocycles. The molecule has 5 nitrogen and oxygen atoms in total. The molecule has 122 valence electrons. The van der Waals surface area contributed by atoms with Crippen molar-refractivity contribution in [3.05, 3.63) is 28.5 Å². The minimum Gasteiger partial charge on any atom is -0.481 e. The van der Waals surface area contributed by atoms with E-state index in [9.17, 15) is 9.59 Å². The van der Waals surface area contributed by atoms with Crippen LogP contribution in [0.1, 0.15) is 47.4 Å². The van der Waals surface area contributed by atoms with Crippen LogP contribution in [-0.2, 0) is 24.2 Å². The summed E-state index contributed by atoms with van der Waals surface area (Å²) in [5.41, 5.74) is 5.11. The van der Waals surface area contributed by atoms with Gasteiger partial charge in [0.25, 0.3) is 0 Å². The average Bonchev–Trinajstić information content (AvgIpc) is 3.05. The Morgan fingerprint density at radius 3 is 2.70 bits per heavy atom. The molecule has 0 unspecified atom stereocenters. The number of nitrogens with zero attached hydrogens (tertiary/aromatic N) is 1. The summed E-state index contributed by atoms with van der Waals surface area (Å²) in [7, 11) is 0. The quantitative estimate of drug-likeness (QED) is 0.861. The topological polar surface area (TPSA) is 68.5 Å². The second-order valence-corrected chi connectivity index (χ2v) is 6.03. The Balaban J connectivity index is 2.37. The van der Waals surface area contributed by atoms with Crippen LogP contribution in [0.5, 0.6) is 5.75 Å². The minimum absolute atomic E-state index is 0.0159. The normalized spacial score (nSPS) is 13.3. The van der Waals surface area contributed by atoms with Gasteiger partial charge in [-0.3, -0.25) is 4.79 Å². The Labute approximate surface area is 134 Å². The van der Waals surface area contributed by atoms with Crippen LogP contribution < -0.4 is 4.74 Å². The molecule has 0 radical (unpaired) electrons. The van der Waals surface area contributed by atoms with E-state index in [4.69, 9.17) is 9.84 Å². The van der Waals surface area contributed by atoms with Crippen LogP contribution in [0.4, 0.5) is 0 Å². The fourth-order valence-corrected chi connectivity index (χ4v) is 3.80. The van der Waals surface area contributed by atoms with E-state index in [0.717, 1.165) is 42.4 Å². The molecular weight excluding hydrogens is 294 g/mol. The van der Waals surface area contributed by atoms with Gasteiger partial charge in [-0.15, -0.1) is 0 Å². The number of rotatable bonds is 5. The van der Waals surface area contributed by atoms with Gasteiger partial charge in [-0.05, 0) is 57.2 Å². The van der Waals surface area contributed by atoms with Crippen molar-refractivity contribution in [1.82, 2.24) is 4.57 Å². The first kappa shape index (κ1) is 15.6. The molecule has 0 saturated carbocycles. The van der Waals surface area contributed by atoms with E-state index in [1.807, 2.05) is 13.0 Å². The zero-order chi connectivity index (χ0) is 16.7. The minimum atomic E-state index is -1.02. The van der Waals surface area contributed by atoms with E-state index >= 15 is 0 Å². The highest BCUT2D eigenvalue weighted by Gasteiger charge is 2.26. The molecule has 0 atom stereocenters. The highest BCUT2D eigenvalue weighted by atomic mass is 16.5. The first-order chi connectivity index (χ1) is 11.0. The van der Waals surface area contributed by atoms with E-state index in [1.165, 1.54) is 11.1 Å². The first-order valence-electron chi connectivity index (χ1n) is 7.98. The van der Waals surface area contributed by atoms with Crippen molar-refractivity contribution >= 4 is 22.7 Å². The molecule has 1 heterocycles. The molecule has 0 spiro atoms. The summed E-state index contributed by atoms with van der Waals surface area (Å²) in [4.78, 5) is 23.1. The lowest BCUT2D eigenvalue weighted by atomic mass is 10.0. The van der Waals surface area contributed by atoms with Gasteiger partial charge in [0.15, 0.2) is 12.4 Å². The van der Waals surface area contributed by atoms with Crippen molar-refractivity contribution in [3.63, 3.8) is 0 Å². The molecule has 1 aliphatic rings.